The quantitative estimate of drug-likeness (QED) is 0.731. The number of nitrogens with two attached hydrogens (primary N) is 1. The van der Waals surface area contributed by atoms with E-state index in [0.29, 0.717) is 19.4 Å². The van der Waals surface area contributed by atoms with Crippen molar-refractivity contribution in [1.82, 2.24) is 4.90 Å². The number of carbonyl (C=O) groups is 2. The third-order valence-electron chi connectivity index (χ3n) is 3.20. The molecule has 0 bridgehead atoms. The molecule has 0 spiro atoms. The Morgan fingerprint density at radius 1 is 1.50 bits per heavy atom. The van der Waals surface area contributed by atoms with Gasteiger partial charge in [0.25, 0.3) is 0 Å². The van der Waals surface area contributed by atoms with Crippen molar-refractivity contribution in [3.63, 3.8) is 0 Å². The molecule has 1 rings (SSSR count). The molecular weight excluding hydrogens is 208 g/mol. The van der Waals surface area contributed by atoms with Crippen LogP contribution in [0, 0.1) is 5.92 Å². The molecule has 0 aromatic carbocycles. The summed E-state index contributed by atoms with van der Waals surface area (Å²) in [5.74, 6) is -1.24. The van der Waals surface area contributed by atoms with Gasteiger partial charge in [0.15, 0.2) is 0 Å². The predicted molar refractivity (Wildman–Crippen MR) is 59.8 cm³/mol. The Hall–Kier alpha value is -1.10. The van der Waals surface area contributed by atoms with Crippen molar-refractivity contribution in [2.45, 2.75) is 38.6 Å². The van der Waals surface area contributed by atoms with Gasteiger partial charge < -0.3 is 15.7 Å². The third kappa shape index (κ3) is 2.72. The molecule has 0 radical (unpaired) electrons. The Morgan fingerprint density at radius 2 is 2.19 bits per heavy atom. The maximum Gasteiger partial charge on any atom is 0.326 e. The normalized spacial score (nSPS) is 22.9. The Kier molecular flexibility index (Phi) is 4.73. The molecule has 3 N–H and O–H groups in total. The van der Waals surface area contributed by atoms with E-state index in [0.717, 1.165) is 12.8 Å². The molecule has 0 aromatic heterocycles. The van der Waals surface area contributed by atoms with Gasteiger partial charge in [-0.2, -0.15) is 0 Å². The van der Waals surface area contributed by atoms with Gasteiger partial charge in [-0.15, -0.1) is 0 Å². The van der Waals surface area contributed by atoms with E-state index in [1.165, 1.54) is 4.90 Å². The Balaban J connectivity index is 2.74. The first-order valence-electron chi connectivity index (χ1n) is 5.85. The lowest BCUT2D eigenvalue weighted by atomic mass is 9.98. The minimum atomic E-state index is -0.903. The zero-order valence-corrected chi connectivity index (χ0v) is 9.69. The fourth-order valence-corrected chi connectivity index (χ4v) is 2.13. The summed E-state index contributed by atoms with van der Waals surface area (Å²) in [5.41, 5.74) is 5.52. The second-order valence-electron chi connectivity index (χ2n) is 4.22. The van der Waals surface area contributed by atoms with Gasteiger partial charge in [0.1, 0.15) is 6.04 Å². The molecule has 1 amide bonds. The SMILES string of the molecule is CCC(CN)C(=O)N1CCCCC1C(=O)O. The summed E-state index contributed by atoms with van der Waals surface area (Å²) >= 11 is 0. The summed E-state index contributed by atoms with van der Waals surface area (Å²) in [6.45, 7) is 2.74. The van der Waals surface area contributed by atoms with Crippen LogP contribution < -0.4 is 5.73 Å². The lowest BCUT2D eigenvalue weighted by Crippen LogP contribution is -2.51. The van der Waals surface area contributed by atoms with E-state index in [4.69, 9.17) is 10.8 Å². The fourth-order valence-electron chi connectivity index (χ4n) is 2.13. The van der Waals surface area contributed by atoms with Crippen molar-refractivity contribution < 1.29 is 14.7 Å². The summed E-state index contributed by atoms with van der Waals surface area (Å²) in [5, 5.41) is 9.06. The van der Waals surface area contributed by atoms with Gasteiger partial charge in [0.05, 0.1) is 5.92 Å². The van der Waals surface area contributed by atoms with Crippen molar-refractivity contribution in [2.75, 3.05) is 13.1 Å². The zero-order chi connectivity index (χ0) is 12.1. The number of carboxylic acids is 1. The number of amides is 1. The minimum absolute atomic E-state index is 0.0999. The van der Waals surface area contributed by atoms with Crippen molar-refractivity contribution in [3.8, 4) is 0 Å². The first-order valence-corrected chi connectivity index (χ1v) is 5.85. The number of hydrogen-bond donors (Lipinski definition) is 2. The highest BCUT2D eigenvalue weighted by Crippen LogP contribution is 2.20. The zero-order valence-electron chi connectivity index (χ0n) is 9.69. The lowest BCUT2D eigenvalue weighted by Gasteiger charge is -2.35. The van der Waals surface area contributed by atoms with E-state index < -0.39 is 12.0 Å². The van der Waals surface area contributed by atoms with Crippen LogP contribution in [0.5, 0.6) is 0 Å². The Morgan fingerprint density at radius 3 is 2.69 bits per heavy atom. The molecule has 5 nitrogen and oxygen atoms in total. The van der Waals surface area contributed by atoms with E-state index in [1.807, 2.05) is 6.92 Å². The van der Waals surface area contributed by atoms with E-state index in [2.05, 4.69) is 0 Å². The first kappa shape index (κ1) is 13.0. The monoisotopic (exact) mass is 228 g/mol. The number of carboxylic acid groups (broad SMARTS) is 1. The number of carbonyl (C=O) groups excluding carboxylic acids is 1. The molecule has 1 aliphatic heterocycles. The lowest BCUT2D eigenvalue weighted by molar-refractivity contribution is -0.153. The van der Waals surface area contributed by atoms with Gasteiger partial charge in [-0.3, -0.25) is 4.79 Å². The highest BCUT2D eigenvalue weighted by Gasteiger charge is 2.34. The van der Waals surface area contributed by atoms with E-state index in [-0.39, 0.29) is 18.4 Å². The average molecular weight is 228 g/mol. The van der Waals surface area contributed by atoms with Crippen LogP contribution in [0.25, 0.3) is 0 Å². The fraction of sp³-hybridized carbons (Fsp3) is 0.818. The van der Waals surface area contributed by atoms with E-state index >= 15 is 0 Å². The van der Waals surface area contributed by atoms with E-state index in [1.54, 1.807) is 0 Å². The van der Waals surface area contributed by atoms with Gasteiger partial charge in [-0.1, -0.05) is 6.92 Å². The molecule has 2 unspecified atom stereocenters. The molecule has 92 valence electrons. The predicted octanol–water partition coefficient (Wildman–Crippen LogP) is 0.437. The molecule has 0 aromatic rings. The number of piperidine rings is 1. The molecule has 0 saturated carbocycles. The molecule has 2 atom stereocenters. The molecular formula is C11H20N2O3. The van der Waals surface area contributed by atoms with Crippen LogP contribution in [0.15, 0.2) is 0 Å². The second kappa shape index (κ2) is 5.84. The summed E-state index contributed by atoms with van der Waals surface area (Å²) < 4.78 is 0. The van der Waals surface area contributed by atoms with Crippen LogP contribution in [0.4, 0.5) is 0 Å². The molecule has 1 aliphatic rings. The summed E-state index contributed by atoms with van der Waals surface area (Å²) in [7, 11) is 0. The molecule has 1 fully saturated rings. The van der Waals surface area contributed by atoms with Gasteiger partial charge in [-0.05, 0) is 25.7 Å². The number of aliphatic carboxylic acids is 1. The standard InChI is InChI=1S/C11H20N2O3/c1-2-8(7-12)10(14)13-6-4-3-5-9(13)11(15)16/h8-9H,2-7,12H2,1H3,(H,15,16). The van der Waals surface area contributed by atoms with Crippen LogP contribution in [-0.4, -0.2) is 41.0 Å². The van der Waals surface area contributed by atoms with Crippen molar-refractivity contribution >= 4 is 11.9 Å². The summed E-state index contributed by atoms with van der Waals surface area (Å²) in [6.07, 6.45) is 2.98. The van der Waals surface area contributed by atoms with Crippen LogP contribution in [-0.2, 0) is 9.59 Å². The Labute approximate surface area is 95.6 Å². The average Bonchev–Trinajstić information content (AvgIpc) is 2.30. The van der Waals surface area contributed by atoms with Crippen molar-refractivity contribution in [1.29, 1.82) is 0 Å². The Bertz CT molecular complexity index is 264. The van der Waals surface area contributed by atoms with E-state index in [9.17, 15) is 9.59 Å². The highest BCUT2D eigenvalue weighted by molar-refractivity contribution is 5.85. The van der Waals surface area contributed by atoms with Gasteiger partial charge in [0.2, 0.25) is 5.91 Å². The van der Waals surface area contributed by atoms with Crippen LogP contribution in [0.2, 0.25) is 0 Å². The second-order valence-corrected chi connectivity index (χ2v) is 4.22. The topological polar surface area (TPSA) is 83.6 Å². The van der Waals surface area contributed by atoms with Gasteiger partial charge >= 0.3 is 5.97 Å². The number of likely N-dealkylation sites (tertiary alicyclic amines) is 1. The van der Waals surface area contributed by atoms with Gasteiger partial charge in [0, 0.05) is 13.1 Å². The summed E-state index contributed by atoms with van der Waals surface area (Å²) in [4.78, 5) is 24.6. The third-order valence-corrected chi connectivity index (χ3v) is 3.20. The smallest absolute Gasteiger partial charge is 0.326 e. The largest absolute Gasteiger partial charge is 0.480 e. The number of hydrogen-bond acceptors (Lipinski definition) is 3. The van der Waals surface area contributed by atoms with Crippen molar-refractivity contribution in [3.05, 3.63) is 0 Å². The van der Waals surface area contributed by atoms with Crippen LogP contribution in [0.1, 0.15) is 32.6 Å². The highest BCUT2D eigenvalue weighted by atomic mass is 16.4. The van der Waals surface area contributed by atoms with Gasteiger partial charge in [-0.25, -0.2) is 4.79 Å². The summed E-state index contributed by atoms with van der Waals surface area (Å²) in [6, 6.07) is -0.651. The minimum Gasteiger partial charge on any atom is -0.480 e. The maximum atomic E-state index is 12.1. The number of nitrogens with zero attached hydrogens (tertiary/aromatic N) is 1. The number of rotatable bonds is 4. The molecule has 16 heavy (non-hydrogen) atoms. The molecule has 0 aliphatic carbocycles. The molecule has 1 saturated heterocycles. The maximum absolute atomic E-state index is 12.1. The van der Waals surface area contributed by atoms with Crippen molar-refractivity contribution in [2.24, 2.45) is 11.7 Å². The molecule has 5 heteroatoms. The first-order chi connectivity index (χ1) is 7.61. The van der Waals surface area contributed by atoms with Crippen LogP contribution >= 0.6 is 0 Å². The van der Waals surface area contributed by atoms with Crippen LogP contribution in [0.3, 0.4) is 0 Å². The molecule has 1 heterocycles.